The van der Waals surface area contributed by atoms with Crippen molar-refractivity contribution < 1.29 is 27.6 Å². The number of ether oxygens (including phenoxy) is 1. The van der Waals surface area contributed by atoms with Gasteiger partial charge in [-0.15, -0.1) is 0 Å². The Bertz CT molecular complexity index is 1210. The van der Waals surface area contributed by atoms with Crippen LogP contribution in [0.1, 0.15) is 29.9 Å². The highest BCUT2D eigenvalue weighted by Gasteiger charge is 2.39. The van der Waals surface area contributed by atoms with E-state index >= 15 is 0 Å². The Morgan fingerprint density at radius 1 is 1.18 bits per heavy atom. The zero-order valence-corrected chi connectivity index (χ0v) is 18.4. The Labute approximate surface area is 191 Å². The zero-order chi connectivity index (χ0) is 24.5. The van der Waals surface area contributed by atoms with Gasteiger partial charge in [-0.2, -0.15) is 18.3 Å². The van der Waals surface area contributed by atoms with E-state index in [1.54, 1.807) is 24.3 Å². The van der Waals surface area contributed by atoms with Gasteiger partial charge in [-0.25, -0.2) is 0 Å². The van der Waals surface area contributed by atoms with Gasteiger partial charge in [0.1, 0.15) is 17.5 Å². The third kappa shape index (κ3) is 5.43. The van der Waals surface area contributed by atoms with E-state index in [1.165, 1.54) is 26.0 Å². The van der Waals surface area contributed by atoms with Crippen LogP contribution in [0.3, 0.4) is 0 Å². The van der Waals surface area contributed by atoms with Crippen LogP contribution >= 0.6 is 11.6 Å². The molecule has 0 spiro atoms. The van der Waals surface area contributed by atoms with Gasteiger partial charge in [0.15, 0.2) is 5.69 Å². The molecule has 1 amide bonds. The summed E-state index contributed by atoms with van der Waals surface area (Å²) in [5, 5.41) is 16.6. The quantitative estimate of drug-likeness (QED) is 0.339. The van der Waals surface area contributed by atoms with E-state index in [1.807, 2.05) is 6.92 Å². The number of hydrogen-bond donors (Lipinski definition) is 1. The summed E-state index contributed by atoms with van der Waals surface area (Å²) >= 11 is 5.74. The van der Waals surface area contributed by atoms with Gasteiger partial charge in [0.05, 0.1) is 27.4 Å². The fourth-order valence-corrected chi connectivity index (χ4v) is 3.21. The molecule has 0 saturated heterocycles. The molecule has 0 aliphatic heterocycles. The third-order valence-corrected chi connectivity index (χ3v) is 5.17. The van der Waals surface area contributed by atoms with Crippen LogP contribution in [0.4, 0.5) is 24.5 Å². The molecule has 12 heteroatoms. The second-order valence-corrected chi connectivity index (χ2v) is 7.62. The van der Waals surface area contributed by atoms with Crippen molar-refractivity contribution in [2.75, 3.05) is 5.32 Å². The maximum Gasteiger partial charge on any atom is 0.436 e. The molecular weight excluding hydrogens is 465 g/mol. The van der Waals surface area contributed by atoms with Gasteiger partial charge in [-0.05, 0) is 32.9 Å². The van der Waals surface area contributed by atoms with Crippen LogP contribution in [-0.2, 0) is 11.0 Å². The predicted molar refractivity (Wildman–Crippen MR) is 115 cm³/mol. The SMILES string of the molecule is Cc1ccc(Oc2cc(NC(=O)C(C)n3nc(C(F)(F)F)c(Cl)c3C)cc([N+](=O)[O-])c2)cc1. The minimum atomic E-state index is -4.79. The Kier molecular flexibility index (Phi) is 6.63. The number of rotatable bonds is 6. The van der Waals surface area contributed by atoms with Crippen molar-refractivity contribution in [2.24, 2.45) is 0 Å². The average molecular weight is 483 g/mol. The van der Waals surface area contributed by atoms with Crippen molar-refractivity contribution in [2.45, 2.75) is 33.0 Å². The normalized spacial score (nSPS) is 12.3. The lowest BCUT2D eigenvalue weighted by Gasteiger charge is -2.15. The Morgan fingerprint density at radius 3 is 2.36 bits per heavy atom. The number of non-ortho nitro benzene ring substituents is 1. The summed E-state index contributed by atoms with van der Waals surface area (Å²) in [4.78, 5) is 23.4. The molecule has 0 radical (unpaired) electrons. The summed E-state index contributed by atoms with van der Waals surface area (Å²) < 4.78 is 45.7. The van der Waals surface area contributed by atoms with Gasteiger partial charge in [0, 0.05) is 12.1 Å². The average Bonchev–Trinajstić information content (AvgIpc) is 3.04. The minimum absolute atomic E-state index is 0.0233. The highest BCUT2D eigenvalue weighted by atomic mass is 35.5. The molecule has 174 valence electrons. The van der Waals surface area contributed by atoms with Crippen molar-refractivity contribution in [3.05, 3.63) is 74.6 Å². The number of halogens is 4. The topological polar surface area (TPSA) is 99.3 Å². The van der Waals surface area contributed by atoms with Crippen LogP contribution in [0.25, 0.3) is 0 Å². The van der Waals surface area contributed by atoms with Crippen molar-refractivity contribution >= 4 is 28.9 Å². The van der Waals surface area contributed by atoms with E-state index in [9.17, 15) is 28.1 Å². The Hall–Kier alpha value is -3.60. The van der Waals surface area contributed by atoms with Crippen LogP contribution in [0.2, 0.25) is 5.02 Å². The number of aryl methyl sites for hydroxylation is 1. The molecule has 0 aliphatic carbocycles. The lowest BCUT2D eigenvalue weighted by Crippen LogP contribution is -2.25. The van der Waals surface area contributed by atoms with Gasteiger partial charge in [-0.3, -0.25) is 19.6 Å². The fourth-order valence-electron chi connectivity index (χ4n) is 2.98. The molecule has 8 nitrogen and oxygen atoms in total. The molecule has 1 heterocycles. The van der Waals surface area contributed by atoms with Crippen molar-refractivity contribution in [3.63, 3.8) is 0 Å². The van der Waals surface area contributed by atoms with Crippen molar-refractivity contribution in [1.29, 1.82) is 0 Å². The number of amides is 1. The van der Waals surface area contributed by atoms with Crippen LogP contribution in [0.5, 0.6) is 11.5 Å². The highest BCUT2D eigenvalue weighted by molar-refractivity contribution is 6.32. The van der Waals surface area contributed by atoms with Crippen LogP contribution < -0.4 is 10.1 Å². The summed E-state index contributed by atoms with van der Waals surface area (Å²) in [7, 11) is 0. The van der Waals surface area contributed by atoms with E-state index in [2.05, 4.69) is 10.4 Å². The monoisotopic (exact) mass is 482 g/mol. The lowest BCUT2D eigenvalue weighted by atomic mass is 10.2. The van der Waals surface area contributed by atoms with E-state index in [-0.39, 0.29) is 22.8 Å². The zero-order valence-electron chi connectivity index (χ0n) is 17.6. The number of aromatic nitrogens is 2. The van der Waals surface area contributed by atoms with Gasteiger partial charge in [0.25, 0.3) is 5.69 Å². The summed E-state index contributed by atoms with van der Waals surface area (Å²) in [6.07, 6.45) is -4.79. The molecule has 1 atom stereocenters. The van der Waals surface area contributed by atoms with Gasteiger partial charge in [-0.1, -0.05) is 29.3 Å². The predicted octanol–water partition coefficient (Wildman–Crippen LogP) is 6.07. The molecule has 0 aliphatic rings. The number of alkyl halides is 3. The number of nitrogens with zero attached hydrogens (tertiary/aromatic N) is 3. The number of nitro benzene ring substituents is 1. The first-order chi connectivity index (χ1) is 15.4. The minimum Gasteiger partial charge on any atom is -0.457 e. The number of nitrogens with one attached hydrogen (secondary N) is 1. The smallest absolute Gasteiger partial charge is 0.436 e. The third-order valence-electron chi connectivity index (χ3n) is 4.72. The molecule has 1 N–H and O–H groups in total. The molecule has 3 aromatic rings. The summed E-state index contributed by atoms with van der Waals surface area (Å²) in [5.41, 5.74) is -0.680. The molecule has 3 rings (SSSR count). The molecule has 0 saturated carbocycles. The number of hydrogen-bond acceptors (Lipinski definition) is 5. The Balaban J connectivity index is 1.87. The standard InChI is InChI=1S/C21H18ClF3N4O4/c1-11-4-6-16(7-5-11)33-17-9-14(8-15(10-17)29(31)32)26-20(30)13(3)28-12(2)18(22)19(27-28)21(23,24)25/h4-10,13H,1-3H3,(H,26,30). The number of carbonyl (C=O) groups is 1. The molecule has 33 heavy (non-hydrogen) atoms. The summed E-state index contributed by atoms with van der Waals surface area (Å²) in [5.74, 6) is -0.241. The van der Waals surface area contributed by atoms with Crippen LogP contribution in [-0.4, -0.2) is 20.6 Å². The fraction of sp³-hybridized carbons (Fsp3) is 0.238. The van der Waals surface area contributed by atoms with E-state index in [4.69, 9.17) is 16.3 Å². The maximum absolute atomic E-state index is 13.1. The van der Waals surface area contributed by atoms with Gasteiger partial charge in [0.2, 0.25) is 5.91 Å². The number of carbonyl (C=O) groups excluding carboxylic acids is 1. The van der Waals surface area contributed by atoms with E-state index in [0.717, 1.165) is 16.3 Å². The molecule has 0 bridgehead atoms. The molecule has 2 aromatic carbocycles. The highest BCUT2D eigenvalue weighted by Crippen LogP contribution is 2.36. The largest absolute Gasteiger partial charge is 0.457 e. The Morgan fingerprint density at radius 2 is 1.82 bits per heavy atom. The van der Waals surface area contributed by atoms with Gasteiger partial charge < -0.3 is 10.1 Å². The summed E-state index contributed by atoms with van der Waals surface area (Å²) in [6.45, 7) is 4.51. The number of nitro groups is 1. The van der Waals surface area contributed by atoms with E-state index < -0.39 is 33.8 Å². The molecule has 1 aromatic heterocycles. The maximum atomic E-state index is 13.1. The van der Waals surface area contributed by atoms with Crippen molar-refractivity contribution in [3.8, 4) is 11.5 Å². The first-order valence-corrected chi connectivity index (χ1v) is 9.91. The first kappa shape index (κ1) is 24.1. The molecular formula is C21H18ClF3N4O4. The second kappa shape index (κ2) is 9.10. The van der Waals surface area contributed by atoms with Gasteiger partial charge >= 0.3 is 6.18 Å². The van der Waals surface area contributed by atoms with Crippen LogP contribution in [0, 0.1) is 24.0 Å². The summed E-state index contributed by atoms with van der Waals surface area (Å²) in [6, 6.07) is 9.41. The number of anilines is 1. The number of benzene rings is 2. The second-order valence-electron chi connectivity index (χ2n) is 7.24. The molecule has 1 unspecified atom stereocenters. The van der Waals surface area contributed by atoms with Crippen molar-refractivity contribution in [1.82, 2.24) is 9.78 Å². The lowest BCUT2D eigenvalue weighted by molar-refractivity contribution is -0.384. The van der Waals surface area contributed by atoms with Crippen LogP contribution in [0.15, 0.2) is 42.5 Å². The first-order valence-electron chi connectivity index (χ1n) is 9.53. The van der Waals surface area contributed by atoms with E-state index in [0.29, 0.717) is 5.75 Å². The molecule has 0 fully saturated rings.